The minimum absolute atomic E-state index is 0.102. The van der Waals surface area contributed by atoms with Crippen LogP contribution in [0, 0.1) is 17.5 Å². The van der Waals surface area contributed by atoms with Gasteiger partial charge in [-0.3, -0.25) is 0 Å². The molecule has 0 bridgehead atoms. The first kappa shape index (κ1) is 16.6. The molecule has 0 aromatic heterocycles. The zero-order chi connectivity index (χ0) is 16.1. The van der Waals surface area contributed by atoms with E-state index in [0.717, 1.165) is 29.9 Å². The lowest BCUT2D eigenvalue weighted by molar-refractivity contribution is -0.187. The van der Waals surface area contributed by atoms with Crippen molar-refractivity contribution < 1.29 is 27.5 Å². The molecule has 1 aliphatic heterocycles. The Labute approximate surface area is 125 Å². The molecule has 1 N–H and O–H groups in total. The van der Waals surface area contributed by atoms with Crippen LogP contribution in [0.25, 0.3) is 0 Å². The highest BCUT2D eigenvalue weighted by Gasteiger charge is 2.18. The van der Waals surface area contributed by atoms with Crippen molar-refractivity contribution in [3.05, 3.63) is 35.1 Å². The predicted octanol–water partition coefficient (Wildman–Crippen LogP) is 2.70. The van der Waals surface area contributed by atoms with E-state index in [2.05, 4.69) is 5.48 Å². The number of benzene rings is 1. The fraction of sp³-hybridized carbons (Fsp3) is 0.500. The molecular formula is C14H17F3N2O3. The molecule has 1 aliphatic rings. The van der Waals surface area contributed by atoms with Crippen LogP contribution >= 0.6 is 0 Å². The fourth-order valence-electron chi connectivity index (χ4n) is 2.04. The van der Waals surface area contributed by atoms with E-state index in [4.69, 9.17) is 9.57 Å². The van der Waals surface area contributed by atoms with E-state index >= 15 is 0 Å². The van der Waals surface area contributed by atoms with Crippen LogP contribution in [0.5, 0.6) is 0 Å². The van der Waals surface area contributed by atoms with Crippen LogP contribution in [0.2, 0.25) is 0 Å². The second-order valence-electron chi connectivity index (χ2n) is 5.05. The Morgan fingerprint density at radius 3 is 2.64 bits per heavy atom. The van der Waals surface area contributed by atoms with Crippen LogP contribution in [0.3, 0.4) is 0 Å². The first-order valence-electron chi connectivity index (χ1n) is 6.89. The SMILES string of the molecule is CN(Cc1cc(F)c(F)c(F)c1)C(=O)NO[C@H]1CCCCO1. The molecule has 122 valence electrons. The molecule has 1 heterocycles. The van der Waals surface area contributed by atoms with Crippen molar-refractivity contribution in [2.24, 2.45) is 0 Å². The molecule has 2 amide bonds. The van der Waals surface area contributed by atoms with Gasteiger partial charge >= 0.3 is 6.03 Å². The number of amides is 2. The Morgan fingerprint density at radius 1 is 1.36 bits per heavy atom. The van der Waals surface area contributed by atoms with Crippen molar-refractivity contribution >= 4 is 6.03 Å². The highest BCUT2D eigenvalue weighted by molar-refractivity contribution is 5.72. The molecule has 1 aromatic carbocycles. The van der Waals surface area contributed by atoms with Gasteiger partial charge in [-0.1, -0.05) is 0 Å². The quantitative estimate of drug-likeness (QED) is 0.686. The summed E-state index contributed by atoms with van der Waals surface area (Å²) in [6.07, 6.45) is 2.09. The summed E-state index contributed by atoms with van der Waals surface area (Å²) in [4.78, 5) is 18.0. The zero-order valence-electron chi connectivity index (χ0n) is 12.1. The van der Waals surface area contributed by atoms with Gasteiger partial charge in [0.1, 0.15) is 0 Å². The summed E-state index contributed by atoms with van der Waals surface area (Å²) in [5.41, 5.74) is 2.34. The fourth-order valence-corrected chi connectivity index (χ4v) is 2.04. The van der Waals surface area contributed by atoms with E-state index in [1.165, 1.54) is 7.05 Å². The van der Waals surface area contributed by atoms with Gasteiger partial charge in [-0.25, -0.2) is 28.3 Å². The Bertz CT molecular complexity index is 513. The van der Waals surface area contributed by atoms with E-state index in [0.29, 0.717) is 13.0 Å². The standard InChI is InChI=1S/C14H17F3N2O3/c1-19(8-9-6-10(15)13(17)11(16)7-9)14(20)18-22-12-4-2-3-5-21-12/h6-7,12H,2-5,8H2,1H3,(H,18,20)/t12-/m0/s1. The largest absolute Gasteiger partial charge is 0.350 e. The molecule has 1 saturated heterocycles. The summed E-state index contributed by atoms with van der Waals surface area (Å²) in [5.74, 6) is -4.13. The molecule has 0 saturated carbocycles. The van der Waals surface area contributed by atoms with Crippen molar-refractivity contribution in [1.82, 2.24) is 10.4 Å². The second kappa shape index (κ2) is 7.46. The third-order valence-electron chi connectivity index (χ3n) is 3.23. The normalized spacial score (nSPS) is 18.1. The van der Waals surface area contributed by atoms with Crippen LogP contribution in [0.1, 0.15) is 24.8 Å². The summed E-state index contributed by atoms with van der Waals surface area (Å²) in [7, 11) is 1.42. The number of nitrogens with zero attached hydrogens (tertiary/aromatic N) is 1. The van der Waals surface area contributed by atoms with Gasteiger partial charge in [0.05, 0.1) is 0 Å². The topological polar surface area (TPSA) is 50.8 Å². The first-order chi connectivity index (χ1) is 10.5. The number of carbonyl (C=O) groups is 1. The lowest BCUT2D eigenvalue weighted by atomic mass is 10.2. The summed E-state index contributed by atoms with van der Waals surface area (Å²) in [6.45, 7) is 0.472. The number of halogens is 3. The summed E-state index contributed by atoms with van der Waals surface area (Å²) >= 11 is 0. The monoisotopic (exact) mass is 318 g/mol. The van der Waals surface area contributed by atoms with Gasteiger partial charge in [0, 0.05) is 26.6 Å². The highest BCUT2D eigenvalue weighted by Crippen LogP contribution is 2.15. The van der Waals surface area contributed by atoms with Gasteiger partial charge in [-0.2, -0.15) is 0 Å². The van der Waals surface area contributed by atoms with E-state index in [-0.39, 0.29) is 12.1 Å². The van der Waals surface area contributed by atoms with E-state index in [1.807, 2.05) is 0 Å². The zero-order valence-corrected chi connectivity index (χ0v) is 12.1. The Balaban J connectivity index is 1.85. The molecule has 2 rings (SSSR count). The molecule has 0 spiro atoms. The van der Waals surface area contributed by atoms with Crippen LogP contribution in [0.15, 0.2) is 12.1 Å². The van der Waals surface area contributed by atoms with Crippen molar-refractivity contribution in [2.75, 3.05) is 13.7 Å². The number of nitrogens with one attached hydrogen (secondary N) is 1. The molecule has 5 nitrogen and oxygen atoms in total. The number of hydroxylamine groups is 1. The molecule has 8 heteroatoms. The maximum absolute atomic E-state index is 13.1. The van der Waals surface area contributed by atoms with Gasteiger partial charge in [-0.15, -0.1) is 0 Å². The van der Waals surface area contributed by atoms with E-state index < -0.39 is 29.8 Å². The van der Waals surface area contributed by atoms with Gasteiger partial charge in [0.15, 0.2) is 23.7 Å². The van der Waals surface area contributed by atoms with Crippen molar-refractivity contribution in [3.8, 4) is 0 Å². The molecule has 1 aromatic rings. The lowest BCUT2D eigenvalue weighted by Gasteiger charge is -2.24. The number of ether oxygens (including phenoxy) is 1. The highest BCUT2D eigenvalue weighted by atomic mass is 19.2. The van der Waals surface area contributed by atoms with Gasteiger partial charge in [0.25, 0.3) is 0 Å². The molecule has 0 aliphatic carbocycles. The van der Waals surface area contributed by atoms with Crippen LogP contribution in [-0.2, 0) is 16.1 Å². The Morgan fingerprint density at radius 2 is 2.05 bits per heavy atom. The van der Waals surface area contributed by atoms with E-state index in [1.54, 1.807) is 0 Å². The Hall–Kier alpha value is -1.80. The number of hydrogen-bond acceptors (Lipinski definition) is 3. The molecular weight excluding hydrogens is 301 g/mol. The maximum atomic E-state index is 13.1. The lowest BCUT2D eigenvalue weighted by Crippen LogP contribution is -2.40. The van der Waals surface area contributed by atoms with Crippen molar-refractivity contribution in [1.29, 1.82) is 0 Å². The molecule has 1 atom stereocenters. The molecule has 22 heavy (non-hydrogen) atoms. The van der Waals surface area contributed by atoms with Crippen LogP contribution < -0.4 is 5.48 Å². The minimum Gasteiger partial charge on any atom is -0.350 e. The average Bonchev–Trinajstić information content (AvgIpc) is 2.51. The number of urea groups is 1. The predicted molar refractivity (Wildman–Crippen MR) is 71.0 cm³/mol. The van der Waals surface area contributed by atoms with Gasteiger partial charge in [-0.05, 0) is 30.5 Å². The summed E-state index contributed by atoms with van der Waals surface area (Å²) in [5, 5.41) is 0. The van der Waals surface area contributed by atoms with Crippen molar-refractivity contribution in [2.45, 2.75) is 32.1 Å². The summed E-state index contributed by atoms with van der Waals surface area (Å²) in [6, 6.07) is 1.08. The van der Waals surface area contributed by atoms with Crippen LogP contribution in [0.4, 0.5) is 18.0 Å². The van der Waals surface area contributed by atoms with Gasteiger partial charge in [0.2, 0.25) is 0 Å². The molecule has 0 radical (unpaired) electrons. The minimum atomic E-state index is -1.53. The molecule has 0 unspecified atom stereocenters. The van der Waals surface area contributed by atoms with Gasteiger partial charge < -0.3 is 9.64 Å². The van der Waals surface area contributed by atoms with Crippen molar-refractivity contribution in [3.63, 3.8) is 0 Å². The average molecular weight is 318 g/mol. The smallest absolute Gasteiger partial charge is 0.341 e. The number of hydrogen-bond donors (Lipinski definition) is 1. The number of carbonyl (C=O) groups excluding carboxylic acids is 1. The third-order valence-corrected chi connectivity index (χ3v) is 3.23. The maximum Gasteiger partial charge on any atom is 0.341 e. The van der Waals surface area contributed by atoms with E-state index in [9.17, 15) is 18.0 Å². The summed E-state index contributed by atoms with van der Waals surface area (Å²) < 4.78 is 44.3. The van der Waals surface area contributed by atoms with Crippen LogP contribution in [-0.4, -0.2) is 30.9 Å². The first-order valence-corrected chi connectivity index (χ1v) is 6.89. The number of rotatable bonds is 4. The molecule has 1 fully saturated rings. The Kier molecular flexibility index (Phi) is 5.62. The third kappa shape index (κ3) is 4.35. The second-order valence-corrected chi connectivity index (χ2v) is 5.05.